The van der Waals surface area contributed by atoms with Crippen molar-refractivity contribution in [1.29, 1.82) is 5.26 Å². The SMILES string of the molecule is CCOc1cc(C=C(C#N)C(=O)N2CCOCC2)cc(Br)c1O. The summed E-state index contributed by atoms with van der Waals surface area (Å²) in [5.41, 5.74) is 0.628. The number of aromatic hydroxyl groups is 1. The third kappa shape index (κ3) is 4.24. The first-order chi connectivity index (χ1) is 11.1. The van der Waals surface area contributed by atoms with Crippen molar-refractivity contribution in [2.75, 3.05) is 32.9 Å². The number of carbonyl (C=O) groups is 1. The Morgan fingerprint density at radius 1 is 1.52 bits per heavy atom. The van der Waals surface area contributed by atoms with Gasteiger partial charge in [-0.25, -0.2) is 0 Å². The van der Waals surface area contributed by atoms with E-state index in [1.165, 1.54) is 6.08 Å². The summed E-state index contributed by atoms with van der Waals surface area (Å²) in [6, 6.07) is 5.16. The number of phenolic OH excluding ortho intramolecular Hbond substituents is 1. The van der Waals surface area contributed by atoms with E-state index >= 15 is 0 Å². The van der Waals surface area contributed by atoms with Crippen LogP contribution in [0.1, 0.15) is 12.5 Å². The molecule has 0 atom stereocenters. The molecule has 6 nitrogen and oxygen atoms in total. The number of rotatable bonds is 4. The minimum atomic E-state index is -0.321. The van der Waals surface area contributed by atoms with E-state index in [9.17, 15) is 15.2 Å². The molecule has 122 valence electrons. The fourth-order valence-corrected chi connectivity index (χ4v) is 2.65. The normalized spacial score (nSPS) is 15.2. The molecule has 7 heteroatoms. The molecule has 1 aromatic carbocycles. The van der Waals surface area contributed by atoms with E-state index in [2.05, 4.69) is 15.9 Å². The smallest absolute Gasteiger partial charge is 0.264 e. The van der Waals surface area contributed by atoms with Gasteiger partial charge in [-0.15, -0.1) is 0 Å². The van der Waals surface area contributed by atoms with Crippen LogP contribution in [0.15, 0.2) is 22.2 Å². The second-order valence-corrected chi connectivity index (χ2v) is 5.71. The number of morpholine rings is 1. The van der Waals surface area contributed by atoms with Gasteiger partial charge in [-0.3, -0.25) is 4.79 Å². The summed E-state index contributed by atoms with van der Waals surface area (Å²) < 4.78 is 11.0. The van der Waals surface area contributed by atoms with Gasteiger partial charge in [0.05, 0.1) is 24.3 Å². The monoisotopic (exact) mass is 380 g/mol. The highest BCUT2D eigenvalue weighted by atomic mass is 79.9. The highest BCUT2D eigenvalue weighted by Crippen LogP contribution is 2.36. The Hall–Kier alpha value is -2.04. The highest BCUT2D eigenvalue weighted by Gasteiger charge is 2.21. The van der Waals surface area contributed by atoms with E-state index in [-0.39, 0.29) is 17.2 Å². The van der Waals surface area contributed by atoms with Gasteiger partial charge in [-0.2, -0.15) is 5.26 Å². The number of benzene rings is 1. The molecular formula is C16H17BrN2O4. The maximum Gasteiger partial charge on any atom is 0.264 e. The second kappa shape index (κ2) is 7.99. The van der Waals surface area contributed by atoms with Gasteiger partial charge in [0, 0.05) is 13.1 Å². The number of phenols is 1. The number of ether oxygens (including phenoxy) is 2. The molecule has 0 saturated carbocycles. The van der Waals surface area contributed by atoms with Crippen molar-refractivity contribution in [3.63, 3.8) is 0 Å². The lowest BCUT2D eigenvalue weighted by molar-refractivity contribution is -0.130. The number of amides is 1. The second-order valence-electron chi connectivity index (χ2n) is 4.86. The quantitative estimate of drug-likeness (QED) is 0.640. The first kappa shape index (κ1) is 17.3. The minimum absolute atomic E-state index is 0.0120. The van der Waals surface area contributed by atoms with Crippen LogP contribution in [0.5, 0.6) is 11.5 Å². The summed E-state index contributed by atoms with van der Waals surface area (Å²) in [6.45, 7) is 4.10. The number of halogens is 1. The van der Waals surface area contributed by atoms with Gasteiger partial charge in [0.15, 0.2) is 11.5 Å². The van der Waals surface area contributed by atoms with Crippen molar-refractivity contribution in [2.45, 2.75) is 6.92 Å². The largest absolute Gasteiger partial charge is 0.503 e. The fourth-order valence-electron chi connectivity index (χ4n) is 2.19. The molecule has 0 unspecified atom stereocenters. The van der Waals surface area contributed by atoms with Crippen LogP contribution in [0.4, 0.5) is 0 Å². The van der Waals surface area contributed by atoms with Crippen LogP contribution in [-0.2, 0) is 9.53 Å². The summed E-state index contributed by atoms with van der Waals surface area (Å²) >= 11 is 3.24. The third-order valence-electron chi connectivity index (χ3n) is 3.31. The van der Waals surface area contributed by atoms with E-state index in [1.54, 1.807) is 24.0 Å². The van der Waals surface area contributed by atoms with E-state index in [0.717, 1.165) is 0 Å². The maximum absolute atomic E-state index is 12.4. The molecule has 0 radical (unpaired) electrons. The highest BCUT2D eigenvalue weighted by molar-refractivity contribution is 9.10. The topological polar surface area (TPSA) is 82.8 Å². The Morgan fingerprint density at radius 2 is 2.22 bits per heavy atom. The van der Waals surface area contributed by atoms with E-state index in [4.69, 9.17) is 9.47 Å². The van der Waals surface area contributed by atoms with E-state index in [1.807, 2.05) is 6.07 Å². The van der Waals surface area contributed by atoms with Gasteiger partial charge in [0.2, 0.25) is 0 Å². The van der Waals surface area contributed by atoms with Crippen LogP contribution in [0.3, 0.4) is 0 Å². The molecule has 2 rings (SSSR count). The first-order valence-electron chi connectivity index (χ1n) is 7.21. The molecule has 1 saturated heterocycles. The minimum Gasteiger partial charge on any atom is -0.503 e. The Labute approximate surface area is 143 Å². The molecule has 1 N–H and O–H groups in total. The van der Waals surface area contributed by atoms with Crippen molar-refractivity contribution < 1.29 is 19.4 Å². The van der Waals surface area contributed by atoms with Crippen molar-refractivity contribution in [3.05, 3.63) is 27.7 Å². The van der Waals surface area contributed by atoms with Crippen molar-refractivity contribution in [2.24, 2.45) is 0 Å². The van der Waals surface area contributed by atoms with Crippen LogP contribution in [0.25, 0.3) is 6.08 Å². The summed E-state index contributed by atoms with van der Waals surface area (Å²) in [6.07, 6.45) is 1.49. The Kier molecular flexibility index (Phi) is 6.02. The number of hydrogen-bond acceptors (Lipinski definition) is 5. The third-order valence-corrected chi connectivity index (χ3v) is 3.92. The predicted molar refractivity (Wildman–Crippen MR) is 88.0 cm³/mol. The number of nitriles is 1. The molecule has 1 amide bonds. The van der Waals surface area contributed by atoms with Crippen LogP contribution in [-0.4, -0.2) is 48.8 Å². The van der Waals surface area contributed by atoms with Crippen LogP contribution in [0, 0.1) is 11.3 Å². The standard InChI is InChI=1S/C16H17BrN2O4/c1-2-23-14-9-11(8-13(17)15(14)20)7-12(10-18)16(21)19-3-5-22-6-4-19/h7-9,20H,2-6H2,1H3. The lowest BCUT2D eigenvalue weighted by Crippen LogP contribution is -2.41. The molecule has 0 bridgehead atoms. The van der Waals surface area contributed by atoms with E-state index in [0.29, 0.717) is 48.7 Å². The zero-order chi connectivity index (χ0) is 16.8. The molecule has 1 aliphatic rings. The molecule has 1 heterocycles. The molecule has 0 aliphatic carbocycles. The summed E-state index contributed by atoms with van der Waals surface area (Å²) in [5.74, 6) is -0.0378. The van der Waals surface area contributed by atoms with E-state index < -0.39 is 0 Å². The zero-order valence-electron chi connectivity index (χ0n) is 12.7. The van der Waals surface area contributed by atoms with Gasteiger partial charge in [0.25, 0.3) is 5.91 Å². The van der Waals surface area contributed by atoms with Gasteiger partial charge in [-0.05, 0) is 46.6 Å². The molecule has 1 aliphatic heterocycles. The number of nitrogens with zero attached hydrogens (tertiary/aromatic N) is 2. The summed E-state index contributed by atoms with van der Waals surface area (Å²) in [5, 5.41) is 19.2. The molecule has 23 heavy (non-hydrogen) atoms. The van der Waals surface area contributed by atoms with Crippen LogP contribution in [0.2, 0.25) is 0 Å². The Bertz CT molecular complexity index is 661. The average Bonchev–Trinajstić information content (AvgIpc) is 2.57. The lowest BCUT2D eigenvalue weighted by atomic mass is 10.1. The van der Waals surface area contributed by atoms with Crippen molar-refractivity contribution in [3.8, 4) is 17.6 Å². The summed E-state index contributed by atoms with van der Waals surface area (Å²) in [7, 11) is 0. The van der Waals surface area contributed by atoms with Crippen LogP contribution < -0.4 is 4.74 Å². The average molecular weight is 381 g/mol. The molecule has 1 fully saturated rings. The molecule has 0 spiro atoms. The van der Waals surface area contributed by atoms with Gasteiger partial charge in [-0.1, -0.05) is 0 Å². The zero-order valence-corrected chi connectivity index (χ0v) is 14.3. The predicted octanol–water partition coefficient (Wildman–Crippen LogP) is 2.32. The van der Waals surface area contributed by atoms with Gasteiger partial charge in [0.1, 0.15) is 11.6 Å². The summed E-state index contributed by atoms with van der Waals surface area (Å²) in [4.78, 5) is 14.0. The lowest BCUT2D eigenvalue weighted by Gasteiger charge is -2.26. The van der Waals surface area contributed by atoms with Crippen molar-refractivity contribution in [1.82, 2.24) is 4.90 Å². The Balaban J connectivity index is 2.30. The number of hydrogen-bond donors (Lipinski definition) is 1. The molecule has 1 aromatic rings. The first-order valence-corrected chi connectivity index (χ1v) is 8.00. The maximum atomic E-state index is 12.4. The number of carbonyl (C=O) groups excluding carboxylic acids is 1. The van der Waals surface area contributed by atoms with Crippen molar-refractivity contribution >= 4 is 27.9 Å². The van der Waals surface area contributed by atoms with Gasteiger partial charge < -0.3 is 19.5 Å². The van der Waals surface area contributed by atoms with Crippen LogP contribution >= 0.6 is 15.9 Å². The fraction of sp³-hybridized carbons (Fsp3) is 0.375. The molecular weight excluding hydrogens is 364 g/mol. The Morgan fingerprint density at radius 3 is 2.83 bits per heavy atom. The van der Waals surface area contributed by atoms with Gasteiger partial charge >= 0.3 is 0 Å². The molecule has 0 aromatic heterocycles.